The van der Waals surface area contributed by atoms with Crippen LogP contribution in [-0.4, -0.2) is 23.0 Å². The molecule has 94 valence electrons. The highest BCUT2D eigenvalue weighted by Gasteiger charge is 2.17. The molecular formula is C14H23N3. The number of pyridine rings is 1. The van der Waals surface area contributed by atoms with Crippen LogP contribution in [0.5, 0.6) is 0 Å². The maximum atomic E-state index is 5.56. The third-order valence-corrected chi connectivity index (χ3v) is 3.79. The van der Waals surface area contributed by atoms with Crippen LogP contribution in [0, 0.1) is 5.92 Å². The second-order valence-electron chi connectivity index (χ2n) is 4.99. The number of likely N-dealkylation sites (tertiary alicyclic amines) is 1. The van der Waals surface area contributed by atoms with Gasteiger partial charge in [0, 0.05) is 19.3 Å². The normalized spacial score (nSPS) is 18.5. The van der Waals surface area contributed by atoms with E-state index in [1.165, 1.54) is 32.4 Å². The van der Waals surface area contributed by atoms with E-state index in [4.69, 9.17) is 5.73 Å². The topological polar surface area (TPSA) is 42.1 Å². The molecule has 0 unspecified atom stereocenters. The Balaban J connectivity index is 1.84. The van der Waals surface area contributed by atoms with Gasteiger partial charge in [-0.05, 0) is 43.5 Å². The van der Waals surface area contributed by atoms with Gasteiger partial charge in [0.1, 0.15) is 0 Å². The third kappa shape index (κ3) is 3.51. The number of hydrogen-bond acceptors (Lipinski definition) is 3. The molecule has 2 heterocycles. The molecule has 1 aliphatic rings. The van der Waals surface area contributed by atoms with Gasteiger partial charge in [-0.15, -0.1) is 0 Å². The van der Waals surface area contributed by atoms with E-state index in [9.17, 15) is 0 Å². The van der Waals surface area contributed by atoms with Gasteiger partial charge in [0.05, 0.1) is 5.69 Å². The minimum absolute atomic E-state index is 0.579. The number of nitrogens with two attached hydrogens (primary N) is 1. The first-order valence-corrected chi connectivity index (χ1v) is 6.68. The van der Waals surface area contributed by atoms with E-state index >= 15 is 0 Å². The summed E-state index contributed by atoms with van der Waals surface area (Å²) < 4.78 is 0. The predicted molar refractivity (Wildman–Crippen MR) is 70.4 cm³/mol. The lowest BCUT2D eigenvalue weighted by Crippen LogP contribution is -2.33. The zero-order valence-electron chi connectivity index (χ0n) is 10.7. The van der Waals surface area contributed by atoms with Gasteiger partial charge >= 0.3 is 0 Å². The van der Waals surface area contributed by atoms with E-state index in [0.29, 0.717) is 6.54 Å². The summed E-state index contributed by atoms with van der Waals surface area (Å²) in [6, 6.07) is 4.19. The average Bonchev–Trinajstić information content (AvgIpc) is 2.40. The Morgan fingerprint density at radius 2 is 2.12 bits per heavy atom. The molecule has 0 spiro atoms. The molecule has 0 aromatic carbocycles. The maximum absolute atomic E-state index is 5.56. The van der Waals surface area contributed by atoms with E-state index in [-0.39, 0.29) is 0 Å². The van der Waals surface area contributed by atoms with Crippen LogP contribution in [0.2, 0.25) is 0 Å². The molecular weight excluding hydrogens is 210 g/mol. The van der Waals surface area contributed by atoms with Crippen LogP contribution in [0.4, 0.5) is 0 Å². The highest BCUT2D eigenvalue weighted by atomic mass is 15.1. The number of piperidine rings is 1. The van der Waals surface area contributed by atoms with Crippen LogP contribution in [0.3, 0.4) is 0 Å². The maximum Gasteiger partial charge on any atom is 0.0544 e. The van der Waals surface area contributed by atoms with E-state index in [1.807, 2.05) is 6.20 Å². The van der Waals surface area contributed by atoms with Crippen LogP contribution in [-0.2, 0) is 13.1 Å². The molecule has 0 bridgehead atoms. The van der Waals surface area contributed by atoms with Crippen molar-refractivity contribution in [1.82, 2.24) is 9.88 Å². The summed E-state index contributed by atoms with van der Waals surface area (Å²) in [5.74, 6) is 0.943. The molecule has 2 N–H and O–H groups in total. The van der Waals surface area contributed by atoms with Crippen molar-refractivity contribution in [2.24, 2.45) is 11.7 Å². The molecule has 3 heteroatoms. The molecule has 0 amide bonds. The Morgan fingerprint density at radius 1 is 1.35 bits per heavy atom. The fraction of sp³-hybridized carbons (Fsp3) is 0.643. The number of hydrogen-bond donors (Lipinski definition) is 1. The standard InChI is InChI=1S/C14H23N3/c1-2-12-5-7-17(8-6-12)11-14-4-3-13(9-15)10-16-14/h3-4,10,12H,2,5-9,11,15H2,1H3. The van der Waals surface area contributed by atoms with Gasteiger partial charge in [-0.3, -0.25) is 9.88 Å². The zero-order chi connectivity index (χ0) is 12.1. The van der Waals surface area contributed by atoms with E-state index in [0.717, 1.165) is 23.7 Å². The van der Waals surface area contributed by atoms with Crippen molar-refractivity contribution in [3.63, 3.8) is 0 Å². The van der Waals surface area contributed by atoms with E-state index in [1.54, 1.807) is 0 Å². The fourth-order valence-corrected chi connectivity index (χ4v) is 2.45. The summed E-state index contributed by atoms with van der Waals surface area (Å²) in [4.78, 5) is 6.97. The summed E-state index contributed by atoms with van der Waals surface area (Å²) in [6.07, 6.45) is 5.92. The largest absolute Gasteiger partial charge is 0.326 e. The summed E-state index contributed by atoms with van der Waals surface area (Å²) in [7, 11) is 0. The third-order valence-electron chi connectivity index (χ3n) is 3.79. The highest BCUT2D eigenvalue weighted by Crippen LogP contribution is 2.20. The van der Waals surface area contributed by atoms with Crippen molar-refractivity contribution in [3.8, 4) is 0 Å². The zero-order valence-corrected chi connectivity index (χ0v) is 10.7. The molecule has 17 heavy (non-hydrogen) atoms. The molecule has 2 rings (SSSR count). The molecule has 1 aliphatic heterocycles. The second kappa shape index (κ2) is 6.12. The summed E-state index contributed by atoms with van der Waals surface area (Å²) in [5.41, 5.74) is 7.84. The summed E-state index contributed by atoms with van der Waals surface area (Å²) in [6.45, 7) is 6.31. The number of nitrogens with zero attached hydrogens (tertiary/aromatic N) is 2. The predicted octanol–water partition coefficient (Wildman–Crippen LogP) is 2.16. The lowest BCUT2D eigenvalue weighted by molar-refractivity contribution is 0.173. The minimum Gasteiger partial charge on any atom is -0.326 e. The Hall–Kier alpha value is -0.930. The van der Waals surface area contributed by atoms with E-state index in [2.05, 4.69) is 28.9 Å². The van der Waals surface area contributed by atoms with Crippen LogP contribution in [0.15, 0.2) is 18.3 Å². The molecule has 3 nitrogen and oxygen atoms in total. The number of rotatable bonds is 4. The van der Waals surface area contributed by atoms with Gasteiger partial charge in [-0.25, -0.2) is 0 Å². The molecule has 0 atom stereocenters. The van der Waals surface area contributed by atoms with Crippen LogP contribution >= 0.6 is 0 Å². The summed E-state index contributed by atoms with van der Waals surface area (Å²) >= 11 is 0. The van der Waals surface area contributed by atoms with Gasteiger partial charge in [-0.1, -0.05) is 19.4 Å². The Morgan fingerprint density at radius 3 is 2.65 bits per heavy atom. The van der Waals surface area contributed by atoms with Gasteiger partial charge in [0.2, 0.25) is 0 Å². The molecule has 0 saturated carbocycles. The highest BCUT2D eigenvalue weighted by molar-refractivity contribution is 5.13. The minimum atomic E-state index is 0.579. The average molecular weight is 233 g/mol. The van der Waals surface area contributed by atoms with Crippen LogP contribution < -0.4 is 5.73 Å². The monoisotopic (exact) mass is 233 g/mol. The first kappa shape index (κ1) is 12.5. The lowest BCUT2D eigenvalue weighted by Gasteiger charge is -2.31. The van der Waals surface area contributed by atoms with E-state index < -0.39 is 0 Å². The molecule has 0 aliphatic carbocycles. The Kier molecular flexibility index (Phi) is 4.51. The molecule has 1 fully saturated rings. The summed E-state index contributed by atoms with van der Waals surface area (Å²) in [5, 5.41) is 0. The van der Waals surface area contributed by atoms with Gasteiger partial charge in [0.15, 0.2) is 0 Å². The van der Waals surface area contributed by atoms with Crippen molar-refractivity contribution < 1.29 is 0 Å². The van der Waals surface area contributed by atoms with Crippen molar-refractivity contribution >= 4 is 0 Å². The first-order chi connectivity index (χ1) is 8.31. The lowest BCUT2D eigenvalue weighted by atomic mass is 9.94. The van der Waals surface area contributed by atoms with Crippen LogP contribution in [0.25, 0.3) is 0 Å². The molecule has 0 radical (unpaired) electrons. The van der Waals surface area contributed by atoms with Crippen molar-refractivity contribution in [2.45, 2.75) is 39.3 Å². The Bertz CT molecular complexity index is 326. The van der Waals surface area contributed by atoms with Gasteiger partial charge < -0.3 is 5.73 Å². The second-order valence-corrected chi connectivity index (χ2v) is 4.99. The van der Waals surface area contributed by atoms with Gasteiger partial charge in [-0.2, -0.15) is 0 Å². The number of aromatic nitrogens is 1. The van der Waals surface area contributed by atoms with Crippen molar-refractivity contribution in [3.05, 3.63) is 29.6 Å². The quantitative estimate of drug-likeness (QED) is 0.866. The SMILES string of the molecule is CCC1CCN(Cc2ccc(CN)cn2)CC1. The smallest absolute Gasteiger partial charge is 0.0544 e. The fourth-order valence-electron chi connectivity index (χ4n) is 2.45. The van der Waals surface area contributed by atoms with Crippen LogP contribution in [0.1, 0.15) is 37.4 Å². The molecule has 1 aromatic heterocycles. The molecule has 1 aromatic rings. The molecule has 1 saturated heterocycles. The van der Waals surface area contributed by atoms with Crippen molar-refractivity contribution in [2.75, 3.05) is 13.1 Å². The van der Waals surface area contributed by atoms with Crippen molar-refractivity contribution in [1.29, 1.82) is 0 Å². The van der Waals surface area contributed by atoms with Gasteiger partial charge in [0.25, 0.3) is 0 Å². The first-order valence-electron chi connectivity index (χ1n) is 6.68. The Labute approximate surface area is 104 Å².